The molecule has 8 heavy (non-hydrogen) atoms. The molecule has 0 unspecified atom stereocenters. The van der Waals surface area contributed by atoms with Crippen molar-refractivity contribution in [3.05, 3.63) is 9.40 Å². The first-order valence-electron chi connectivity index (χ1n) is 1.52. The molecule has 0 aromatic carbocycles. The summed E-state index contributed by atoms with van der Waals surface area (Å²) in [4.78, 5) is 1.29. The Labute approximate surface area is 72.6 Å². The summed E-state index contributed by atoms with van der Waals surface area (Å²) in [6.45, 7) is 0. The third-order valence-corrected chi connectivity index (χ3v) is 4.25. The van der Waals surface area contributed by atoms with E-state index in [4.69, 9.17) is 53.2 Å². The molecule has 0 N–H and O–H groups in total. The first-order valence-corrected chi connectivity index (χ1v) is 11.8. The van der Waals surface area contributed by atoms with Gasteiger partial charge in [0.05, 0.1) is 0 Å². The van der Waals surface area contributed by atoms with Gasteiger partial charge >= 0.3 is 73.1 Å². The molecule has 0 radical (unpaired) electrons. The predicted octanol–water partition coefficient (Wildman–Crippen LogP) is 3.50. The molecule has 0 fully saturated rings. The van der Waals surface area contributed by atoms with Gasteiger partial charge in [-0.05, 0) is 0 Å². The zero-order chi connectivity index (χ0) is 6.78. The molecule has 0 nitrogen and oxygen atoms in total. The van der Waals surface area contributed by atoms with E-state index in [2.05, 4.69) is 0 Å². The summed E-state index contributed by atoms with van der Waals surface area (Å²) in [6.07, 6.45) is 0. The Morgan fingerprint density at radius 1 is 1.12 bits per heavy atom. The van der Waals surface area contributed by atoms with Crippen LogP contribution in [0.1, 0.15) is 0 Å². The molecule has 0 spiro atoms. The Hall–Kier alpha value is 1.73. The van der Waals surface area contributed by atoms with Crippen molar-refractivity contribution in [1.29, 1.82) is 0 Å². The van der Waals surface area contributed by atoms with Gasteiger partial charge < -0.3 is 0 Å². The van der Waals surface area contributed by atoms with Gasteiger partial charge in [-0.15, -0.1) is 0 Å². The van der Waals surface area contributed by atoms with Gasteiger partial charge in [-0.3, -0.25) is 0 Å². The molecule has 0 aromatic rings. The molecule has 0 rings (SSSR count). The second-order valence-corrected chi connectivity index (χ2v) is 17.2. The minimum absolute atomic E-state index is 0.0324. The van der Waals surface area contributed by atoms with Gasteiger partial charge in [0.15, 0.2) is 0 Å². The normalized spacial score (nSPS) is 11.1. The molecule has 0 atom stereocenters. The summed E-state index contributed by atoms with van der Waals surface area (Å²) >= 11 is 10.4. The van der Waals surface area contributed by atoms with Crippen molar-refractivity contribution in [3.63, 3.8) is 0 Å². The maximum atomic E-state index is 5.40. The van der Waals surface area contributed by atoms with Crippen molar-refractivity contribution in [2.75, 3.05) is 0 Å². The monoisotopic (exact) mass is 274 g/mol. The third-order valence-electron chi connectivity index (χ3n) is 0.273. The van der Waals surface area contributed by atoms with E-state index >= 15 is 0 Å². The van der Waals surface area contributed by atoms with Gasteiger partial charge in [-0.2, -0.15) is 0 Å². The van der Waals surface area contributed by atoms with Crippen LogP contribution in [-0.2, 0) is 0 Å². The van der Waals surface area contributed by atoms with Crippen LogP contribution in [0.2, 0.25) is 0 Å². The van der Waals surface area contributed by atoms with Gasteiger partial charge in [0, 0.05) is 0 Å². The minimum atomic E-state index is -3.16. The maximum absolute atomic E-state index is 5.40. The molecule has 0 amide bonds. The van der Waals surface area contributed by atoms with Crippen LogP contribution in [0.5, 0.6) is 0 Å². The van der Waals surface area contributed by atoms with Crippen LogP contribution in [0.25, 0.3) is 0 Å². The second-order valence-electron chi connectivity index (χ2n) is 0.976. The van der Waals surface area contributed by atoms with E-state index in [1.54, 1.807) is 0 Å². The van der Waals surface area contributed by atoms with Crippen LogP contribution in [0.3, 0.4) is 0 Å². The second kappa shape index (κ2) is 3.79. The third kappa shape index (κ3) is 7.73. The molecule has 0 saturated heterocycles. The summed E-state index contributed by atoms with van der Waals surface area (Å²) in [5.41, 5.74) is 0. The van der Waals surface area contributed by atoms with E-state index in [9.17, 15) is 0 Å². The van der Waals surface area contributed by atoms with Crippen molar-refractivity contribution >= 4 is 63.7 Å². The number of halogens is 5. The molecule has 0 aliphatic rings. The van der Waals surface area contributed by atoms with Crippen molar-refractivity contribution in [3.8, 4) is 0 Å². The summed E-state index contributed by atoms with van der Waals surface area (Å²) in [6, 6.07) is 0. The van der Waals surface area contributed by atoms with Crippen LogP contribution in [0.15, 0.2) is 9.40 Å². The molecule has 0 aliphatic heterocycles. The van der Waals surface area contributed by atoms with E-state index in [1.807, 2.05) is 0 Å². The Morgan fingerprint density at radius 2 is 1.50 bits per heavy atom. The average molecular weight is 275 g/mol. The molecule has 0 bridgehead atoms. The van der Waals surface area contributed by atoms with Crippen LogP contribution in [0.4, 0.5) is 0 Å². The number of rotatable bonds is 1. The topological polar surface area (TPSA) is 0 Å². The molecule has 48 valence electrons. The van der Waals surface area contributed by atoms with Crippen LogP contribution < -0.4 is 0 Å². The van der Waals surface area contributed by atoms with E-state index in [0.717, 1.165) is 0 Å². The Morgan fingerprint density at radius 3 is 1.50 bits per heavy atom. The van der Waals surface area contributed by atoms with Crippen molar-refractivity contribution in [2.24, 2.45) is 0 Å². The van der Waals surface area contributed by atoms with Crippen molar-refractivity contribution < 1.29 is 0 Å². The van der Waals surface area contributed by atoms with Gasteiger partial charge in [0.2, 0.25) is 0 Å². The fourth-order valence-electron chi connectivity index (χ4n) is 0.124. The summed E-state index contributed by atoms with van der Waals surface area (Å²) in [5.74, 6) is 0. The fourth-order valence-corrected chi connectivity index (χ4v) is 5.79. The van der Waals surface area contributed by atoms with Crippen molar-refractivity contribution in [1.82, 2.24) is 0 Å². The Kier molecular flexibility index (Phi) is 4.62. The summed E-state index contributed by atoms with van der Waals surface area (Å²) in [7, 11) is 13.0. The van der Waals surface area contributed by atoms with Crippen LogP contribution >= 0.6 is 53.2 Å². The van der Waals surface area contributed by atoms with Gasteiger partial charge in [0.1, 0.15) is 0 Å². The fraction of sp³-hybridized carbons (Fsp3) is 0. The van der Waals surface area contributed by atoms with E-state index in [1.165, 1.54) is 4.91 Å². The molecule has 0 aromatic heterocycles. The quantitative estimate of drug-likeness (QED) is 0.642. The summed E-state index contributed by atoms with van der Waals surface area (Å²) < 4.78 is 0.0324. The zero-order valence-corrected chi connectivity index (χ0v) is 9.34. The van der Waals surface area contributed by atoms with Gasteiger partial charge in [0.25, 0.3) is 0 Å². The van der Waals surface area contributed by atoms with E-state index in [0.29, 0.717) is 0 Å². The van der Waals surface area contributed by atoms with Crippen LogP contribution in [0, 0.1) is 0 Å². The number of hydrogen-bond acceptors (Lipinski definition) is 0. The van der Waals surface area contributed by atoms with Gasteiger partial charge in [-0.1, -0.05) is 0 Å². The molecule has 0 saturated carbocycles. The molecule has 0 aliphatic carbocycles. The first-order chi connectivity index (χ1) is 3.42. The summed E-state index contributed by atoms with van der Waals surface area (Å²) in [5, 5.41) is 0. The molecule has 6 heteroatoms. The molecular weight excluding hydrogens is 274 g/mol. The first kappa shape index (κ1) is 9.73. The van der Waals surface area contributed by atoms with Crippen molar-refractivity contribution in [2.45, 2.75) is 0 Å². The zero-order valence-electron chi connectivity index (χ0n) is 3.47. The predicted molar refractivity (Wildman–Crippen MR) is 43.1 cm³/mol. The van der Waals surface area contributed by atoms with E-state index in [-0.39, 0.29) is 4.49 Å². The molecule has 0 heterocycles. The Balaban J connectivity index is 3.89. The Bertz CT molecular complexity index is 97.5. The molecular formula is C2HCl5Ge. The van der Waals surface area contributed by atoms with E-state index < -0.39 is 10.5 Å². The number of hydrogen-bond donors (Lipinski definition) is 0. The van der Waals surface area contributed by atoms with Gasteiger partial charge in [-0.25, -0.2) is 0 Å². The van der Waals surface area contributed by atoms with Crippen LogP contribution in [-0.4, -0.2) is 10.5 Å². The standard InChI is InChI=1S/C2HCl5Ge/c3-2(4)1-8(5,6)7/h1H. The SMILES string of the molecule is ClC(Cl)=[CH][Ge]([Cl])([Cl])[Cl]. The average Bonchev–Trinajstić information content (AvgIpc) is 1.21.